The van der Waals surface area contributed by atoms with Crippen molar-refractivity contribution in [3.8, 4) is 5.75 Å². The molecule has 2 aromatic rings. The van der Waals surface area contributed by atoms with Crippen LogP contribution in [0.2, 0.25) is 5.02 Å². The van der Waals surface area contributed by atoms with Crippen LogP contribution in [0.3, 0.4) is 0 Å². The van der Waals surface area contributed by atoms with E-state index in [9.17, 15) is 5.11 Å². The van der Waals surface area contributed by atoms with Crippen LogP contribution in [-0.4, -0.2) is 18.3 Å². The number of aliphatic hydroxyl groups is 1. The van der Waals surface area contributed by atoms with E-state index in [0.717, 1.165) is 10.6 Å². The van der Waals surface area contributed by atoms with Crippen LogP contribution >= 0.6 is 22.9 Å². The van der Waals surface area contributed by atoms with Gasteiger partial charge in [-0.1, -0.05) is 23.7 Å². The summed E-state index contributed by atoms with van der Waals surface area (Å²) in [7, 11) is 0. The second-order valence-corrected chi connectivity index (χ2v) is 5.08. The summed E-state index contributed by atoms with van der Waals surface area (Å²) in [5.74, 6) is 0.751. The van der Waals surface area contributed by atoms with Gasteiger partial charge < -0.3 is 9.84 Å². The molecule has 0 bridgehead atoms. The van der Waals surface area contributed by atoms with Gasteiger partial charge in [0.15, 0.2) is 0 Å². The van der Waals surface area contributed by atoms with Crippen LogP contribution in [0.25, 0.3) is 0 Å². The van der Waals surface area contributed by atoms with Crippen LogP contribution < -0.4 is 4.74 Å². The molecule has 0 fully saturated rings. The SMILES string of the molecule is OCC(COc1cccc(Cl)c1)c1cccs1. The van der Waals surface area contributed by atoms with E-state index in [-0.39, 0.29) is 12.5 Å². The van der Waals surface area contributed by atoms with E-state index in [0.29, 0.717) is 11.6 Å². The van der Waals surface area contributed by atoms with Crippen molar-refractivity contribution in [2.45, 2.75) is 5.92 Å². The van der Waals surface area contributed by atoms with Crippen molar-refractivity contribution >= 4 is 22.9 Å². The summed E-state index contributed by atoms with van der Waals surface area (Å²) >= 11 is 7.49. The molecule has 1 N–H and O–H groups in total. The highest BCUT2D eigenvalue weighted by molar-refractivity contribution is 7.10. The number of halogens is 1. The highest BCUT2D eigenvalue weighted by atomic mass is 35.5. The quantitative estimate of drug-likeness (QED) is 0.899. The minimum absolute atomic E-state index is 0.0222. The predicted octanol–water partition coefficient (Wildman–Crippen LogP) is 3.56. The van der Waals surface area contributed by atoms with E-state index in [4.69, 9.17) is 16.3 Å². The molecule has 1 aromatic carbocycles. The molecule has 0 spiro atoms. The molecule has 0 saturated carbocycles. The third-order valence-corrected chi connectivity index (χ3v) is 3.68. The Morgan fingerprint density at radius 3 is 2.82 bits per heavy atom. The molecule has 2 nitrogen and oxygen atoms in total. The lowest BCUT2D eigenvalue weighted by Crippen LogP contribution is -2.12. The predicted molar refractivity (Wildman–Crippen MR) is 71.1 cm³/mol. The Morgan fingerprint density at radius 1 is 1.29 bits per heavy atom. The number of thiophene rings is 1. The van der Waals surface area contributed by atoms with Gasteiger partial charge in [-0.25, -0.2) is 0 Å². The van der Waals surface area contributed by atoms with Gasteiger partial charge in [0.1, 0.15) is 5.75 Å². The van der Waals surface area contributed by atoms with Crippen LogP contribution in [0.4, 0.5) is 0 Å². The first-order chi connectivity index (χ1) is 8.29. The molecule has 2 rings (SSSR count). The largest absolute Gasteiger partial charge is 0.493 e. The summed E-state index contributed by atoms with van der Waals surface area (Å²) in [6.45, 7) is 0.540. The monoisotopic (exact) mass is 268 g/mol. The van der Waals surface area contributed by atoms with E-state index in [2.05, 4.69) is 0 Å². The van der Waals surface area contributed by atoms with Crippen LogP contribution in [0.1, 0.15) is 10.8 Å². The van der Waals surface area contributed by atoms with Crippen molar-refractivity contribution in [1.29, 1.82) is 0 Å². The standard InChI is InChI=1S/C13H13ClO2S/c14-11-3-1-4-12(7-11)16-9-10(8-15)13-5-2-6-17-13/h1-7,10,15H,8-9H2. The smallest absolute Gasteiger partial charge is 0.120 e. The molecule has 0 radical (unpaired) electrons. The zero-order chi connectivity index (χ0) is 12.1. The molecule has 0 saturated heterocycles. The summed E-state index contributed by atoms with van der Waals surface area (Å²) in [6, 6.07) is 11.3. The third-order valence-electron chi connectivity index (χ3n) is 2.41. The van der Waals surface area contributed by atoms with E-state index >= 15 is 0 Å². The first-order valence-electron chi connectivity index (χ1n) is 5.32. The highest BCUT2D eigenvalue weighted by Crippen LogP contribution is 2.23. The number of hydrogen-bond donors (Lipinski definition) is 1. The van der Waals surface area contributed by atoms with Gasteiger partial charge in [-0.15, -0.1) is 11.3 Å². The van der Waals surface area contributed by atoms with Crippen LogP contribution in [0, 0.1) is 0 Å². The fourth-order valence-electron chi connectivity index (χ4n) is 1.50. The van der Waals surface area contributed by atoms with Crippen LogP contribution in [0.15, 0.2) is 41.8 Å². The van der Waals surface area contributed by atoms with Crippen molar-refractivity contribution in [2.75, 3.05) is 13.2 Å². The Bertz CT molecular complexity index is 456. The molecule has 1 heterocycles. The lowest BCUT2D eigenvalue weighted by molar-refractivity contribution is 0.207. The summed E-state index contributed by atoms with van der Waals surface area (Å²) in [5, 5.41) is 12.0. The van der Waals surface area contributed by atoms with Gasteiger partial charge in [0.05, 0.1) is 19.1 Å². The lowest BCUT2D eigenvalue weighted by Gasteiger charge is -2.13. The fraction of sp³-hybridized carbons (Fsp3) is 0.231. The van der Waals surface area contributed by atoms with Crippen molar-refractivity contribution in [2.24, 2.45) is 0 Å². The second-order valence-electron chi connectivity index (χ2n) is 3.66. The summed E-state index contributed by atoms with van der Waals surface area (Å²) < 4.78 is 5.63. The first-order valence-corrected chi connectivity index (χ1v) is 6.58. The maximum atomic E-state index is 9.33. The van der Waals surface area contributed by atoms with Crippen LogP contribution in [0.5, 0.6) is 5.75 Å². The van der Waals surface area contributed by atoms with Gasteiger partial charge in [-0.3, -0.25) is 0 Å². The molecular formula is C13H13ClO2S. The lowest BCUT2D eigenvalue weighted by atomic mass is 10.1. The maximum absolute atomic E-state index is 9.33. The van der Waals surface area contributed by atoms with Crippen molar-refractivity contribution in [3.05, 3.63) is 51.7 Å². The average Bonchev–Trinajstić information content (AvgIpc) is 2.84. The molecule has 0 aliphatic carbocycles. The van der Waals surface area contributed by atoms with Gasteiger partial charge in [0, 0.05) is 9.90 Å². The van der Waals surface area contributed by atoms with Gasteiger partial charge in [-0.05, 0) is 29.6 Å². The molecule has 90 valence electrons. The van der Waals surface area contributed by atoms with Crippen molar-refractivity contribution < 1.29 is 9.84 Å². The topological polar surface area (TPSA) is 29.5 Å². The molecule has 17 heavy (non-hydrogen) atoms. The molecule has 0 aliphatic rings. The Kier molecular flexibility index (Phi) is 4.42. The van der Waals surface area contributed by atoms with E-state index in [1.165, 1.54) is 0 Å². The molecular weight excluding hydrogens is 256 g/mol. The minimum Gasteiger partial charge on any atom is -0.493 e. The maximum Gasteiger partial charge on any atom is 0.120 e. The summed E-state index contributed by atoms with van der Waals surface area (Å²) in [5.41, 5.74) is 0. The normalized spacial score (nSPS) is 12.4. The average molecular weight is 269 g/mol. The molecule has 0 aliphatic heterocycles. The Labute approximate surface area is 109 Å². The summed E-state index contributed by atoms with van der Waals surface area (Å²) in [4.78, 5) is 1.13. The molecule has 4 heteroatoms. The Morgan fingerprint density at radius 2 is 2.18 bits per heavy atom. The number of aliphatic hydroxyl groups excluding tert-OH is 1. The minimum atomic E-state index is 0.0222. The molecule has 1 unspecified atom stereocenters. The van der Waals surface area contributed by atoms with Gasteiger partial charge in [0.25, 0.3) is 0 Å². The van der Waals surface area contributed by atoms with E-state index < -0.39 is 0 Å². The highest BCUT2D eigenvalue weighted by Gasteiger charge is 2.12. The molecule has 1 aromatic heterocycles. The molecule has 0 amide bonds. The zero-order valence-corrected chi connectivity index (χ0v) is 10.7. The first kappa shape index (κ1) is 12.4. The summed E-state index contributed by atoms with van der Waals surface area (Å²) in [6.07, 6.45) is 0. The van der Waals surface area contributed by atoms with E-state index in [1.54, 1.807) is 23.5 Å². The van der Waals surface area contributed by atoms with E-state index in [1.807, 2.05) is 29.6 Å². The van der Waals surface area contributed by atoms with Crippen molar-refractivity contribution in [3.63, 3.8) is 0 Å². The number of hydrogen-bond acceptors (Lipinski definition) is 3. The van der Waals surface area contributed by atoms with Gasteiger partial charge >= 0.3 is 0 Å². The third kappa shape index (κ3) is 3.46. The zero-order valence-electron chi connectivity index (χ0n) is 9.17. The van der Waals surface area contributed by atoms with Gasteiger partial charge in [-0.2, -0.15) is 0 Å². The Hall–Kier alpha value is -1.03. The number of ether oxygens (including phenoxy) is 1. The molecule has 1 atom stereocenters. The van der Waals surface area contributed by atoms with Crippen molar-refractivity contribution in [1.82, 2.24) is 0 Å². The fourth-order valence-corrected chi connectivity index (χ4v) is 2.49. The number of rotatable bonds is 5. The number of benzene rings is 1. The Balaban J connectivity index is 1.97. The van der Waals surface area contributed by atoms with Gasteiger partial charge in [0.2, 0.25) is 0 Å². The second kappa shape index (κ2) is 6.05. The van der Waals surface area contributed by atoms with Crippen LogP contribution in [-0.2, 0) is 0 Å².